The predicted molar refractivity (Wildman–Crippen MR) is 99.2 cm³/mol. The average Bonchev–Trinajstić information content (AvgIpc) is 3.31. The fourth-order valence-electron chi connectivity index (χ4n) is 5.91. The lowest BCUT2D eigenvalue weighted by atomic mass is 9.55. The fourth-order valence-corrected chi connectivity index (χ4v) is 5.91. The van der Waals surface area contributed by atoms with Crippen molar-refractivity contribution < 1.29 is 14.3 Å². The summed E-state index contributed by atoms with van der Waals surface area (Å²) in [5.41, 5.74) is 4.90. The monoisotopic (exact) mass is 359 g/mol. The van der Waals surface area contributed by atoms with E-state index in [1.54, 1.807) is 0 Å². The molecule has 0 radical (unpaired) electrons. The van der Waals surface area contributed by atoms with Crippen LogP contribution in [0, 0.1) is 11.8 Å². The summed E-state index contributed by atoms with van der Waals surface area (Å²) in [7, 11) is 0. The second kappa shape index (κ2) is 5.52. The third-order valence-corrected chi connectivity index (χ3v) is 6.95. The van der Waals surface area contributed by atoms with Gasteiger partial charge in [0.2, 0.25) is 11.8 Å². The van der Waals surface area contributed by atoms with Crippen molar-refractivity contribution in [3.05, 3.63) is 70.8 Å². The van der Waals surface area contributed by atoms with E-state index >= 15 is 0 Å². The minimum absolute atomic E-state index is 0.000423. The Morgan fingerprint density at radius 3 is 1.70 bits per heavy atom. The van der Waals surface area contributed by atoms with Crippen LogP contribution in [0.5, 0.6) is 0 Å². The van der Waals surface area contributed by atoms with Gasteiger partial charge in [-0.05, 0) is 35.1 Å². The van der Waals surface area contributed by atoms with Crippen LogP contribution in [0.4, 0.5) is 0 Å². The molecule has 3 aliphatic carbocycles. The molecule has 5 aliphatic rings. The molecule has 7 rings (SSSR count). The standard InChI is InChI=1S/C23H21NO3/c25-22-20-18-14-7-1-2-8-15(14)19(17-10-4-3-9-16(17)18)21(20)23(26)24(22)12-13-6-5-11-27-13/h1-4,7-10,13,18-21H,5-6,11-12H2/t13-,18?,19?,20+,21+/m0/s1. The third-order valence-electron chi connectivity index (χ3n) is 6.95. The van der Waals surface area contributed by atoms with Crippen molar-refractivity contribution in [1.82, 2.24) is 4.90 Å². The summed E-state index contributed by atoms with van der Waals surface area (Å²) < 4.78 is 5.71. The average molecular weight is 359 g/mol. The van der Waals surface area contributed by atoms with Gasteiger partial charge in [-0.3, -0.25) is 14.5 Å². The summed E-state index contributed by atoms with van der Waals surface area (Å²) in [4.78, 5) is 28.3. The Bertz CT molecular complexity index is 846. The van der Waals surface area contributed by atoms with Gasteiger partial charge in [0.1, 0.15) is 0 Å². The quantitative estimate of drug-likeness (QED) is 0.775. The van der Waals surface area contributed by atoms with Crippen LogP contribution < -0.4 is 0 Å². The van der Waals surface area contributed by atoms with Crippen molar-refractivity contribution in [2.45, 2.75) is 30.8 Å². The van der Waals surface area contributed by atoms with E-state index in [1.165, 1.54) is 27.2 Å². The number of imide groups is 1. The predicted octanol–water partition coefficient (Wildman–Crippen LogP) is 3.06. The molecule has 0 spiro atoms. The largest absolute Gasteiger partial charge is 0.376 e. The lowest BCUT2D eigenvalue weighted by Crippen LogP contribution is -2.41. The molecular weight excluding hydrogens is 338 g/mol. The smallest absolute Gasteiger partial charge is 0.234 e. The second-order valence-corrected chi connectivity index (χ2v) is 8.19. The molecule has 0 saturated carbocycles. The van der Waals surface area contributed by atoms with Crippen LogP contribution in [-0.2, 0) is 14.3 Å². The van der Waals surface area contributed by atoms with Crippen molar-refractivity contribution in [3.8, 4) is 0 Å². The van der Waals surface area contributed by atoms with Gasteiger partial charge in [-0.25, -0.2) is 0 Å². The van der Waals surface area contributed by atoms with Crippen LogP contribution in [-0.4, -0.2) is 36.0 Å². The highest BCUT2D eigenvalue weighted by Gasteiger charge is 2.61. The molecule has 2 aromatic rings. The highest BCUT2D eigenvalue weighted by Crippen LogP contribution is 2.60. The number of likely N-dealkylation sites (tertiary alicyclic amines) is 1. The summed E-state index contributed by atoms with van der Waals surface area (Å²) in [5.74, 6) is -0.571. The molecule has 2 amide bonds. The van der Waals surface area contributed by atoms with E-state index in [1.807, 2.05) is 24.3 Å². The van der Waals surface area contributed by atoms with E-state index < -0.39 is 0 Å². The summed E-state index contributed by atoms with van der Waals surface area (Å²) in [6, 6.07) is 16.7. The fraction of sp³-hybridized carbons (Fsp3) is 0.391. The highest BCUT2D eigenvalue weighted by molar-refractivity contribution is 6.07. The maximum Gasteiger partial charge on any atom is 0.234 e. The molecule has 3 atom stereocenters. The zero-order valence-electron chi connectivity index (χ0n) is 15.0. The molecule has 27 heavy (non-hydrogen) atoms. The van der Waals surface area contributed by atoms with Gasteiger partial charge in [0.25, 0.3) is 0 Å². The first-order valence-electron chi connectivity index (χ1n) is 9.90. The van der Waals surface area contributed by atoms with Crippen molar-refractivity contribution >= 4 is 11.8 Å². The number of ether oxygens (including phenoxy) is 1. The van der Waals surface area contributed by atoms with Gasteiger partial charge in [-0.1, -0.05) is 48.5 Å². The minimum Gasteiger partial charge on any atom is -0.376 e. The van der Waals surface area contributed by atoms with Crippen LogP contribution in [0.3, 0.4) is 0 Å². The molecule has 136 valence electrons. The van der Waals surface area contributed by atoms with Crippen LogP contribution in [0.25, 0.3) is 0 Å². The molecule has 2 heterocycles. The van der Waals surface area contributed by atoms with Crippen LogP contribution in [0.2, 0.25) is 0 Å². The van der Waals surface area contributed by atoms with E-state index in [2.05, 4.69) is 24.3 Å². The normalized spacial score (nSPS) is 33.2. The first-order valence-corrected chi connectivity index (χ1v) is 9.90. The maximum absolute atomic E-state index is 13.4. The minimum atomic E-state index is -0.270. The van der Waals surface area contributed by atoms with Gasteiger partial charge >= 0.3 is 0 Å². The van der Waals surface area contributed by atoms with Crippen molar-refractivity contribution in [2.24, 2.45) is 11.8 Å². The van der Waals surface area contributed by atoms with E-state index in [9.17, 15) is 9.59 Å². The molecular formula is C23H21NO3. The van der Waals surface area contributed by atoms with Crippen LogP contribution in [0.1, 0.15) is 46.9 Å². The molecule has 0 aromatic heterocycles. The molecule has 2 fully saturated rings. The number of rotatable bonds is 2. The Morgan fingerprint density at radius 1 is 0.815 bits per heavy atom. The Morgan fingerprint density at radius 2 is 1.30 bits per heavy atom. The number of amides is 2. The number of hydrogen-bond donors (Lipinski definition) is 0. The number of carbonyl (C=O) groups excluding carboxylic acids is 2. The van der Waals surface area contributed by atoms with Crippen molar-refractivity contribution in [2.75, 3.05) is 13.2 Å². The van der Waals surface area contributed by atoms with Gasteiger partial charge in [0.05, 0.1) is 24.5 Å². The summed E-state index contributed by atoms with van der Waals surface area (Å²) in [6.07, 6.45) is 1.94. The van der Waals surface area contributed by atoms with E-state index in [0.717, 1.165) is 19.4 Å². The first-order chi connectivity index (χ1) is 13.3. The van der Waals surface area contributed by atoms with Crippen LogP contribution in [0.15, 0.2) is 48.5 Å². The zero-order valence-corrected chi connectivity index (χ0v) is 15.0. The molecule has 2 aliphatic heterocycles. The Hall–Kier alpha value is -2.46. The van der Waals surface area contributed by atoms with Gasteiger partial charge < -0.3 is 4.74 Å². The SMILES string of the molecule is O=C1[C@@H]2C3c4ccccc4C(c4ccccc43)[C@H]2C(=O)N1C[C@@H]1CCCO1. The molecule has 2 aromatic carbocycles. The summed E-state index contributed by atoms with van der Waals surface area (Å²) >= 11 is 0. The Kier molecular flexibility index (Phi) is 3.19. The summed E-state index contributed by atoms with van der Waals surface area (Å²) in [5, 5.41) is 0. The first kappa shape index (κ1) is 15.6. The van der Waals surface area contributed by atoms with Gasteiger partial charge in [-0.2, -0.15) is 0 Å². The molecule has 4 nitrogen and oxygen atoms in total. The lowest BCUT2D eigenvalue weighted by molar-refractivity contribution is -0.141. The summed E-state index contributed by atoms with van der Waals surface area (Å²) in [6.45, 7) is 1.15. The molecule has 0 N–H and O–H groups in total. The maximum atomic E-state index is 13.4. The zero-order chi connectivity index (χ0) is 18.1. The highest BCUT2D eigenvalue weighted by atomic mass is 16.5. The van der Waals surface area contributed by atoms with Crippen LogP contribution >= 0.6 is 0 Å². The third kappa shape index (κ3) is 1.97. The number of hydrogen-bond acceptors (Lipinski definition) is 3. The van der Waals surface area contributed by atoms with E-state index in [-0.39, 0.29) is 41.6 Å². The van der Waals surface area contributed by atoms with E-state index in [4.69, 9.17) is 4.74 Å². The lowest BCUT2D eigenvalue weighted by Gasteiger charge is -2.45. The topological polar surface area (TPSA) is 46.6 Å². The van der Waals surface area contributed by atoms with Gasteiger partial charge in [-0.15, -0.1) is 0 Å². The van der Waals surface area contributed by atoms with Gasteiger partial charge in [0, 0.05) is 18.4 Å². The number of nitrogens with zero attached hydrogens (tertiary/aromatic N) is 1. The van der Waals surface area contributed by atoms with Crippen molar-refractivity contribution in [1.29, 1.82) is 0 Å². The number of benzene rings is 2. The Labute approximate surface area is 158 Å². The second-order valence-electron chi connectivity index (χ2n) is 8.19. The molecule has 4 heteroatoms. The number of carbonyl (C=O) groups is 2. The molecule has 0 unspecified atom stereocenters. The molecule has 2 saturated heterocycles. The Balaban J connectivity index is 1.49. The van der Waals surface area contributed by atoms with Crippen molar-refractivity contribution in [3.63, 3.8) is 0 Å². The molecule has 2 bridgehead atoms. The van der Waals surface area contributed by atoms with E-state index in [0.29, 0.717) is 6.54 Å². The van der Waals surface area contributed by atoms with Gasteiger partial charge in [0.15, 0.2) is 0 Å².